The average Bonchev–Trinajstić information content (AvgIpc) is 2.91. The van der Waals surface area contributed by atoms with Crippen LogP contribution in [-0.4, -0.2) is 35.6 Å². The van der Waals surface area contributed by atoms with Crippen LogP contribution in [0.25, 0.3) is 0 Å². The topological polar surface area (TPSA) is 40.2 Å². The molecule has 0 saturated carbocycles. The molecule has 1 fully saturated rings. The predicted octanol–water partition coefficient (Wildman–Crippen LogP) is 4.14. The fourth-order valence-corrected chi connectivity index (χ4v) is 4.41. The van der Waals surface area contributed by atoms with Crippen molar-refractivity contribution in [3.8, 4) is 0 Å². The van der Waals surface area contributed by atoms with Crippen LogP contribution in [0, 0.1) is 0 Å². The van der Waals surface area contributed by atoms with Crippen LogP contribution in [-0.2, 0) is 0 Å². The molecule has 138 valence electrons. The number of piperidine rings is 1. The van der Waals surface area contributed by atoms with Crippen molar-refractivity contribution < 1.29 is 0 Å². The molecule has 2 atom stereocenters. The normalized spacial score (nSPS) is 22.9. The van der Waals surface area contributed by atoms with Crippen LogP contribution in [0.1, 0.15) is 55.8 Å². The minimum Gasteiger partial charge on any atom is -0.385 e. The minimum absolute atomic E-state index is 0.474. The SMILES string of the molecule is CC(c1ccncc1)N1CCC(NC2CCCNc3ccccc32)CC1. The molecule has 2 N–H and O–H groups in total. The Balaban J connectivity index is 1.36. The van der Waals surface area contributed by atoms with Crippen LogP contribution in [0.3, 0.4) is 0 Å². The molecule has 3 heterocycles. The van der Waals surface area contributed by atoms with Crippen molar-refractivity contribution in [1.29, 1.82) is 0 Å². The maximum atomic E-state index is 4.14. The first kappa shape index (κ1) is 17.5. The summed E-state index contributed by atoms with van der Waals surface area (Å²) in [6, 6.07) is 14.7. The maximum Gasteiger partial charge on any atom is 0.0388 e. The van der Waals surface area contributed by atoms with Crippen molar-refractivity contribution in [3.05, 3.63) is 59.9 Å². The molecule has 1 aromatic carbocycles. The molecule has 2 unspecified atom stereocenters. The highest BCUT2D eigenvalue weighted by Gasteiger charge is 2.26. The van der Waals surface area contributed by atoms with Crippen molar-refractivity contribution in [2.75, 3.05) is 25.0 Å². The minimum atomic E-state index is 0.474. The summed E-state index contributed by atoms with van der Waals surface area (Å²) in [6.45, 7) is 5.72. The smallest absolute Gasteiger partial charge is 0.0388 e. The molecule has 2 aromatic rings. The number of likely N-dealkylation sites (tertiary alicyclic amines) is 1. The molecule has 4 rings (SSSR count). The van der Waals surface area contributed by atoms with Gasteiger partial charge in [-0.2, -0.15) is 0 Å². The Morgan fingerprint density at radius 1 is 1.08 bits per heavy atom. The number of hydrogen-bond donors (Lipinski definition) is 2. The highest BCUT2D eigenvalue weighted by Crippen LogP contribution is 2.31. The first-order chi connectivity index (χ1) is 12.8. The Labute approximate surface area is 157 Å². The van der Waals surface area contributed by atoms with Gasteiger partial charge in [-0.25, -0.2) is 0 Å². The van der Waals surface area contributed by atoms with Gasteiger partial charge in [0, 0.05) is 55.8 Å². The lowest BCUT2D eigenvalue weighted by molar-refractivity contribution is 0.147. The van der Waals surface area contributed by atoms with Crippen molar-refractivity contribution >= 4 is 5.69 Å². The molecule has 4 nitrogen and oxygen atoms in total. The van der Waals surface area contributed by atoms with Gasteiger partial charge in [-0.05, 0) is 61.9 Å². The molecule has 2 aliphatic heterocycles. The van der Waals surface area contributed by atoms with Crippen LogP contribution in [0.5, 0.6) is 0 Å². The molecule has 0 aliphatic carbocycles. The van der Waals surface area contributed by atoms with Gasteiger partial charge in [0.25, 0.3) is 0 Å². The molecule has 26 heavy (non-hydrogen) atoms. The van der Waals surface area contributed by atoms with Crippen molar-refractivity contribution in [2.24, 2.45) is 0 Å². The van der Waals surface area contributed by atoms with E-state index in [-0.39, 0.29) is 0 Å². The molecule has 0 amide bonds. The van der Waals surface area contributed by atoms with Crippen molar-refractivity contribution in [1.82, 2.24) is 15.2 Å². The highest BCUT2D eigenvalue weighted by atomic mass is 15.2. The Hall–Kier alpha value is -1.91. The van der Waals surface area contributed by atoms with Crippen molar-refractivity contribution in [2.45, 2.75) is 50.7 Å². The third kappa shape index (κ3) is 3.92. The lowest BCUT2D eigenvalue weighted by Crippen LogP contribution is -2.44. The highest BCUT2D eigenvalue weighted by molar-refractivity contribution is 5.53. The van der Waals surface area contributed by atoms with E-state index >= 15 is 0 Å². The molecule has 0 bridgehead atoms. The number of aromatic nitrogens is 1. The number of anilines is 1. The average molecular weight is 351 g/mol. The molecule has 0 spiro atoms. The second kappa shape index (κ2) is 8.19. The summed E-state index contributed by atoms with van der Waals surface area (Å²) in [7, 11) is 0. The third-order valence-corrected chi connectivity index (χ3v) is 6.02. The number of nitrogens with zero attached hydrogens (tertiary/aromatic N) is 2. The number of fused-ring (bicyclic) bond motifs is 1. The summed E-state index contributed by atoms with van der Waals surface area (Å²) in [5, 5.41) is 7.56. The van der Waals surface area contributed by atoms with Gasteiger partial charge in [-0.15, -0.1) is 0 Å². The Bertz CT molecular complexity index is 694. The van der Waals surface area contributed by atoms with E-state index in [0.29, 0.717) is 18.1 Å². The number of benzene rings is 1. The van der Waals surface area contributed by atoms with Crippen LogP contribution in [0.2, 0.25) is 0 Å². The van der Waals surface area contributed by atoms with Gasteiger partial charge >= 0.3 is 0 Å². The van der Waals surface area contributed by atoms with E-state index in [1.54, 1.807) is 0 Å². The molecule has 0 radical (unpaired) electrons. The van der Waals surface area contributed by atoms with Crippen LogP contribution < -0.4 is 10.6 Å². The van der Waals surface area contributed by atoms with Crippen LogP contribution in [0.15, 0.2) is 48.8 Å². The van der Waals surface area contributed by atoms with E-state index in [4.69, 9.17) is 0 Å². The maximum absolute atomic E-state index is 4.14. The number of nitrogens with one attached hydrogen (secondary N) is 2. The number of hydrogen-bond acceptors (Lipinski definition) is 4. The Morgan fingerprint density at radius 3 is 2.65 bits per heavy atom. The van der Waals surface area contributed by atoms with E-state index in [1.807, 2.05) is 12.4 Å². The summed E-state index contributed by atoms with van der Waals surface area (Å²) in [6.07, 6.45) is 8.69. The van der Waals surface area contributed by atoms with Gasteiger partial charge in [0.2, 0.25) is 0 Å². The molecule has 1 saturated heterocycles. The zero-order valence-electron chi connectivity index (χ0n) is 15.7. The number of para-hydroxylation sites is 1. The molecular weight excluding hydrogens is 320 g/mol. The first-order valence-electron chi connectivity index (χ1n) is 10.0. The van der Waals surface area contributed by atoms with Gasteiger partial charge in [-0.3, -0.25) is 9.88 Å². The van der Waals surface area contributed by atoms with Crippen LogP contribution >= 0.6 is 0 Å². The number of pyridine rings is 1. The molecule has 1 aromatic heterocycles. The van der Waals surface area contributed by atoms with E-state index < -0.39 is 0 Å². The van der Waals surface area contributed by atoms with Crippen LogP contribution in [0.4, 0.5) is 5.69 Å². The largest absolute Gasteiger partial charge is 0.385 e. The summed E-state index contributed by atoms with van der Waals surface area (Å²) >= 11 is 0. The standard InChI is InChI=1S/C22H30N4/c1-17(18-8-13-23-14-9-18)26-15-10-19(11-16-26)25-22-7-4-12-24-21-6-3-2-5-20(21)22/h2-3,5-6,8-9,13-14,17,19,22,24-25H,4,7,10-12,15-16H2,1H3. The lowest BCUT2D eigenvalue weighted by atomic mass is 9.96. The van der Waals surface area contributed by atoms with Gasteiger partial charge in [-0.1, -0.05) is 18.2 Å². The van der Waals surface area contributed by atoms with Gasteiger partial charge in [0.15, 0.2) is 0 Å². The van der Waals surface area contributed by atoms with Crippen molar-refractivity contribution in [3.63, 3.8) is 0 Å². The summed E-state index contributed by atoms with van der Waals surface area (Å²) in [4.78, 5) is 6.75. The molecular formula is C22H30N4. The second-order valence-electron chi connectivity index (χ2n) is 7.64. The zero-order valence-corrected chi connectivity index (χ0v) is 15.7. The number of rotatable bonds is 4. The molecule has 4 heteroatoms. The quantitative estimate of drug-likeness (QED) is 0.869. The fourth-order valence-electron chi connectivity index (χ4n) is 4.41. The van der Waals surface area contributed by atoms with E-state index in [0.717, 1.165) is 19.6 Å². The van der Waals surface area contributed by atoms with E-state index in [9.17, 15) is 0 Å². The summed E-state index contributed by atoms with van der Waals surface area (Å²) < 4.78 is 0. The summed E-state index contributed by atoms with van der Waals surface area (Å²) in [5.74, 6) is 0. The van der Waals surface area contributed by atoms with Gasteiger partial charge in [0.05, 0.1) is 0 Å². The Morgan fingerprint density at radius 2 is 1.85 bits per heavy atom. The van der Waals surface area contributed by atoms with Gasteiger partial charge < -0.3 is 10.6 Å². The fraction of sp³-hybridized carbons (Fsp3) is 0.500. The Kier molecular flexibility index (Phi) is 5.51. The zero-order chi connectivity index (χ0) is 17.8. The van der Waals surface area contributed by atoms with E-state index in [1.165, 1.54) is 42.5 Å². The van der Waals surface area contributed by atoms with Gasteiger partial charge in [0.1, 0.15) is 0 Å². The second-order valence-corrected chi connectivity index (χ2v) is 7.64. The summed E-state index contributed by atoms with van der Waals surface area (Å²) in [5.41, 5.74) is 4.12. The van der Waals surface area contributed by atoms with E-state index in [2.05, 4.69) is 63.8 Å². The third-order valence-electron chi connectivity index (χ3n) is 6.02. The monoisotopic (exact) mass is 350 g/mol. The first-order valence-corrected chi connectivity index (χ1v) is 10.0. The predicted molar refractivity (Wildman–Crippen MR) is 107 cm³/mol. The molecule has 2 aliphatic rings. The lowest BCUT2D eigenvalue weighted by Gasteiger charge is -2.38.